The van der Waals surface area contributed by atoms with E-state index in [9.17, 15) is 4.39 Å². The quantitative estimate of drug-likeness (QED) is 0.331. The molecule has 0 bridgehead atoms. The Kier molecular flexibility index (Phi) is 5.67. The van der Waals surface area contributed by atoms with E-state index >= 15 is 0 Å². The van der Waals surface area contributed by atoms with E-state index in [1.165, 1.54) is 23.9 Å². The van der Waals surface area contributed by atoms with Crippen LogP contribution in [0.2, 0.25) is 10.0 Å². The van der Waals surface area contributed by atoms with Crippen LogP contribution in [-0.2, 0) is 5.75 Å². The van der Waals surface area contributed by atoms with Gasteiger partial charge in [0.25, 0.3) is 0 Å². The minimum Gasteiger partial charge on any atom is -0.270 e. The first-order chi connectivity index (χ1) is 13.6. The standard InChI is InChI=1S/C21H14Cl2FN3S/c22-18-7-4-8-19(23)17(18)13-28-21-26-25-20(14-5-2-1-3-6-14)27(21)16-11-9-15(24)10-12-16/h1-12H,13H2. The second kappa shape index (κ2) is 8.35. The third-order valence-corrected chi connectivity index (χ3v) is 5.82. The van der Waals surface area contributed by atoms with Gasteiger partial charge in [-0.05, 0) is 42.0 Å². The van der Waals surface area contributed by atoms with Gasteiger partial charge in [-0.1, -0.05) is 71.4 Å². The van der Waals surface area contributed by atoms with Crippen LogP contribution in [0.4, 0.5) is 4.39 Å². The minimum atomic E-state index is -0.296. The molecule has 0 unspecified atom stereocenters. The molecule has 0 N–H and O–H groups in total. The molecule has 0 fully saturated rings. The Morgan fingerprint density at radius 2 is 1.50 bits per heavy atom. The third kappa shape index (κ3) is 3.92. The molecule has 4 aromatic rings. The Bertz CT molecular complexity index is 1080. The van der Waals surface area contributed by atoms with E-state index in [-0.39, 0.29) is 5.82 Å². The maximum absolute atomic E-state index is 13.4. The number of hydrogen-bond donors (Lipinski definition) is 0. The largest absolute Gasteiger partial charge is 0.270 e. The molecule has 3 aromatic carbocycles. The van der Waals surface area contributed by atoms with Gasteiger partial charge in [0.05, 0.1) is 0 Å². The minimum absolute atomic E-state index is 0.296. The number of rotatable bonds is 5. The molecule has 1 aromatic heterocycles. The monoisotopic (exact) mass is 429 g/mol. The Morgan fingerprint density at radius 1 is 0.821 bits per heavy atom. The van der Waals surface area contributed by atoms with Crippen LogP contribution < -0.4 is 0 Å². The molecule has 7 heteroatoms. The predicted molar refractivity (Wildman–Crippen MR) is 113 cm³/mol. The average Bonchev–Trinajstić information content (AvgIpc) is 3.13. The maximum Gasteiger partial charge on any atom is 0.196 e. The molecule has 0 saturated heterocycles. The first-order valence-corrected chi connectivity index (χ1v) is 10.2. The van der Waals surface area contributed by atoms with Crippen molar-refractivity contribution in [2.24, 2.45) is 0 Å². The van der Waals surface area contributed by atoms with Crippen LogP contribution in [0.1, 0.15) is 5.56 Å². The number of nitrogens with zero attached hydrogens (tertiary/aromatic N) is 3. The molecular formula is C21H14Cl2FN3S. The zero-order valence-electron chi connectivity index (χ0n) is 14.5. The van der Waals surface area contributed by atoms with Gasteiger partial charge < -0.3 is 0 Å². The molecule has 140 valence electrons. The topological polar surface area (TPSA) is 30.7 Å². The normalized spacial score (nSPS) is 11.0. The Morgan fingerprint density at radius 3 is 2.18 bits per heavy atom. The zero-order chi connectivity index (χ0) is 19.5. The Balaban J connectivity index is 1.75. The van der Waals surface area contributed by atoms with Crippen molar-refractivity contribution in [2.45, 2.75) is 10.9 Å². The fraction of sp³-hybridized carbons (Fsp3) is 0.0476. The SMILES string of the molecule is Fc1ccc(-n2c(SCc3c(Cl)cccc3Cl)nnc2-c2ccccc2)cc1. The van der Waals surface area contributed by atoms with Gasteiger partial charge in [-0.15, -0.1) is 10.2 Å². The highest BCUT2D eigenvalue weighted by atomic mass is 35.5. The second-order valence-electron chi connectivity index (χ2n) is 5.97. The van der Waals surface area contributed by atoms with Crippen LogP contribution in [0.3, 0.4) is 0 Å². The van der Waals surface area contributed by atoms with E-state index < -0.39 is 0 Å². The van der Waals surface area contributed by atoms with Crippen molar-refractivity contribution in [2.75, 3.05) is 0 Å². The van der Waals surface area contributed by atoms with E-state index in [1.807, 2.05) is 53.1 Å². The molecule has 0 aliphatic carbocycles. The van der Waals surface area contributed by atoms with Crippen molar-refractivity contribution < 1.29 is 4.39 Å². The molecule has 0 radical (unpaired) electrons. The lowest BCUT2D eigenvalue weighted by atomic mass is 10.2. The van der Waals surface area contributed by atoms with E-state index in [0.717, 1.165) is 16.8 Å². The van der Waals surface area contributed by atoms with Crippen LogP contribution in [-0.4, -0.2) is 14.8 Å². The van der Waals surface area contributed by atoms with Crippen molar-refractivity contribution in [1.82, 2.24) is 14.8 Å². The van der Waals surface area contributed by atoms with Crippen LogP contribution >= 0.6 is 35.0 Å². The molecule has 4 rings (SSSR count). The van der Waals surface area contributed by atoms with Gasteiger partial charge in [0.15, 0.2) is 11.0 Å². The van der Waals surface area contributed by atoms with Crippen LogP contribution in [0, 0.1) is 5.82 Å². The van der Waals surface area contributed by atoms with E-state index in [4.69, 9.17) is 23.2 Å². The number of benzene rings is 3. The van der Waals surface area contributed by atoms with Crippen molar-refractivity contribution in [3.8, 4) is 17.1 Å². The smallest absolute Gasteiger partial charge is 0.196 e. The lowest BCUT2D eigenvalue weighted by Gasteiger charge is -2.11. The summed E-state index contributed by atoms with van der Waals surface area (Å²) in [7, 11) is 0. The lowest BCUT2D eigenvalue weighted by molar-refractivity contribution is 0.627. The van der Waals surface area contributed by atoms with Crippen LogP contribution in [0.5, 0.6) is 0 Å². The number of halogens is 3. The molecule has 3 nitrogen and oxygen atoms in total. The summed E-state index contributed by atoms with van der Waals surface area (Å²) in [6.07, 6.45) is 0. The molecule has 0 spiro atoms. The number of aromatic nitrogens is 3. The summed E-state index contributed by atoms with van der Waals surface area (Å²) in [5.74, 6) is 0.919. The lowest BCUT2D eigenvalue weighted by Crippen LogP contribution is -2.00. The Labute approximate surface area is 176 Å². The van der Waals surface area contributed by atoms with Gasteiger partial charge in [0.2, 0.25) is 0 Å². The van der Waals surface area contributed by atoms with Crippen molar-refractivity contribution in [1.29, 1.82) is 0 Å². The molecule has 0 aliphatic rings. The molecule has 0 amide bonds. The van der Waals surface area contributed by atoms with Crippen molar-refractivity contribution in [3.05, 3.63) is 94.2 Å². The fourth-order valence-electron chi connectivity index (χ4n) is 2.77. The van der Waals surface area contributed by atoms with Gasteiger partial charge in [0, 0.05) is 27.0 Å². The molecule has 1 heterocycles. The van der Waals surface area contributed by atoms with Crippen LogP contribution in [0.15, 0.2) is 78.0 Å². The van der Waals surface area contributed by atoms with Crippen LogP contribution in [0.25, 0.3) is 17.1 Å². The third-order valence-electron chi connectivity index (χ3n) is 4.16. The highest BCUT2D eigenvalue weighted by Gasteiger charge is 2.17. The maximum atomic E-state index is 13.4. The molecular weight excluding hydrogens is 416 g/mol. The summed E-state index contributed by atoms with van der Waals surface area (Å²) >= 11 is 14.0. The highest BCUT2D eigenvalue weighted by Crippen LogP contribution is 2.33. The van der Waals surface area contributed by atoms with Gasteiger partial charge >= 0.3 is 0 Å². The summed E-state index contributed by atoms with van der Waals surface area (Å²) in [5.41, 5.74) is 2.53. The molecule has 28 heavy (non-hydrogen) atoms. The van der Waals surface area contributed by atoms with Gasteiger partial charge in [0.1, 0.15) is 5.82 Å². The van der Waals surface area contributed by atoms with Crippen molar-refractivity contribution >= 4 is 35.0 Å². The summed E-state index contributed by atoms with van der Waals surface area (Å²) in [5, 5.41) is 10.6. The zero-order valence-corrected chi connectivity index (χ0v) is 16.8. The Hall–Kier alpha value is -2.34. The fourth-order valence-corrected chi connectivity index (χ4v) is 4.46. The van der Waals surface area contributed by atoms with Crippen molar-refractivity contribution in [3.63, 3.8) is 0 Å². The average molecular weight is 430 g/mol. The number of thioether (sulfide) groups is 1. The number of hydrogen-bond acceptors (Lipinski definition) is 3. The first kappa shape index (κ1) is 19.0. The van der Waals surface area contributed by atoms with E-state index in [1.54, 1.807) is 12.1 Å². The molecule has 0 aliphatic heterocycles. The highest BCUT2D eigenvalue weighted by molar-refractivity contribution is 7.98. The molecule has 0 atom stereocenters. The predicted octanol–water partition coefficient (Wildman–Crippen LogP) is 6.67. The van der Waals surface area contributed by atoms with Gasteiger partial charge in [-0.3, -0.25) is 4.57 Å². The summed E-state index contributed by atoms with van der Waals surface area (Å²) < 4.78 is 15.3. The second-order valence-corrected chi connectivity index (χ2v) is 7.73. The first-order valence-electron chi connectivity index (χ1n) is 8.46. The molecule has 0 saturated carbocycles. The summed E-state index contributed by atoms with van der Waals surface area (Å²) in [4.78, 5) is 0. The van der Waals surface area contributed by atoms with Gasteiger partial charge in [-0.2, -0.15) is 0 Å². The van der Waals surface area contributed by atoms with Gasteiger partial charge in [-0.25, -0.2) is 4.39 Å². The van der Waals surface area contributed by atoms with E-state index in [0.29, 0.717) is 26.8 Å². The summed E-state index contributed by atoms with van der Waals surface area (Å²) in [6.45, 7) is 0. The van der Waals surface area contributed by atoms with E-state index in [2.05, 4.69) is 10.2 Å². The summed E-state index contributed by atoms with van der Waals surface area (Å²) in [6, 6.07) is 21.4.